The molecule has 6 nitrogen and oxygen atoms in total. The highest BCUT2D eigenvalue weighted by Crippen LogP contribution is 2.43. The van der Waals surface area contributed by atoms with Crippen molar-refractivity contribution in [1.82, 2.24) is 0 Å². The normalized spacial score (nSPS) is 39.9. The minimum atomic E-state index is -1.15. The van der Waals surface area contributed by atoms with Gasteiger partial charge in [-0.3, -0.25) is 0 Å². The number of hydrogen-bond acceptors (Lipinski definition) is 6. The fourth-order valence-electron chi connectivity index (χ4n) is 2.25. The first-order valence-electron chi connectivity index (χ1n) is 5.26. The summed E-state index contributed by atoms with van der Waals surface area (Å²) in [6, 6.07) is 0. The molecule has 94 valence electrons. The Bertz CT molecular complexity index is 262. The van der Waals surface area contributed by atoms with Crippen molar-refractivity contribution < 1.29 is 29.2 Å². The van der Waals surface area contributed by atoms with Gasteiger partial charge in [0.05, 0.1) is 13.2 Å². The fourth-order valence-corrected chi connectivity index (χ4v) is 2.25. The zero-order valence-electron chi connectivity index (χ0n) is 9.67. The van der Waals surface area contributed by atoms with Crippen LogP contribution >= 0.6 is 0 Å². The van der Waals surface area contributed by atoms with Crippen LogP contribution in [0.5, 0.6) is 0 Å². The molecule has 0 aliphatic carbocycles. The molecule has 0 spiro atoms. The third-order valence-electron chi connectivity index (χ3n) is 3.03. The van der Waals surface area contributed by atoms with Gasteiger partial charge in [-0.05, 0) is 13.8 Å². The Morgan fingerprint density at radius 1 is 1.12 bits per heavy atom. The number of rotatable bonds is 3. The standard InChI is InChI=1S/C10H18O6/c1-9(2)14-6-7(15-9)10(4-11,5-12)16-8(6)13-3/h6-8,11-12H,4-5H2,1-3H3/t6-,7+,8?/m1/s1. The molecule has 2 aliphatic rings. The van der Waals surface area contributed by atoms with Gasteiger partial charge in [-0.15, -0.1) is 0 Å². The van der Waals surface area contributed by atoms with Crippen LogP contribution in [0.3, 0.4) is 0 Å². The number of ether oxygens (including phenoxy) is 4. The second kappa shape index (κ2) is 3.90. The number of methoxy groups -OCH3 is 1. The smallest absolute Gasteiger partial charge is 0.187 e. The second-order valence-electron chi connectivity index (χ2n) is 4.62. The van der Waals surface area contributed by atoms with Crippen molar-refractivity contribution in [2.45, 2.75) is 43.7 Å². The van der Waals surface area contributed by atoms with Crippen LogP contribution in [0.25, 0.3) is 0 Å². The molecule has 2 saturated heterocycles. The number of aliphatic hydroxyl groups is 2. The first-order valence-corrected chi connectivity index (χ1v) is 5.26. The Labute approximate surface area is 94.1 Å². The summed E-state index contributed by atoms with van der Waals surface area (Å²) in [5, 5.41) is 18.7. The van der Waals surface area contributed by atoms with Crippen molar-refractivity contribution >= 4 is 0 Å². The molecular weight excluding hydrogens is 216 g/mol. The van der Waals surface area contributed by atoms with Gasteiger partial charge in [-0.1, -0.05) is 0 Å². The molecule has 2 N–H and O–H groups in total. The van der Waals surface area contributed by atoms with Crippen molar-refractivity contribution in [3.63, 3.8) is 0 Å². The molecular formula is C10H18O6. The lowest BCUT2D eigenvalue weighted by atomic mass is 9.97. The third-order valence-corrected chi connectivity index (χ3v) is 3.03. The van der Waals surface area contributed by atoms with Gasteiger partial charge in [0.2, 0.25) is 0 Å². The van der Waals surface area contributed by atoms with Gasteiger partial charge in [-0.2, -0.15) is 0 Å². The third kappa shape index (κ3) is 1.66. The van der Waals surface area contributed by atoms with Gasteiger partial charge in [-0.25, -0.2) is 0 Å². The Morgan fingerprint density at radius 2 is 1.75 bits per heavy atom. The molecule has 0 aromatic heterocycles. The quantitative estimate of drug-likeness (QED) is 0.668. The van der Waals surface area contributed by atoms with Gasteiger partial charge >= 0.3 is 0 Å². The van der Waals surface area contributed by atoms with Crippen LogP contribution in [0.1, 0.15) is 13.8 Å². The Morgan fingerprint density at radius 3 is 2.25 bits per heavy atom. The lowest BCUT2D eigenvalue weighted by Crippen LogP contribution is -2.49. The summed E-state index contributed by atoms with van der Waals surface area (Å²) in [6.07, 6.45) is -1.59. The summed E-state index contributed by atoms with van der Waals surface area (Å²) in [5.74, 6) is -0.758. The van der Waals surface area contributed by atoms with Crippen LogP contribution in [-0.2, 0) is 18.9 Å². The molecule has 3 atom stereocenters. The minimum absolute atomic E-state index is 0.343. The van der Waals surface area contributed by atoms with E-state index < -0.39 is 29.9 Å². The number of fused-ring (bicyclic) bond motifs is 1. The van der Waals surface area contributed by atoms with E-state index in [0.717, 1.165) is 0 Å². The zero-order valence-corrected chi connectivity index (χ0v) is 9.67. The monoisotopic (exact) mass is 234 g/mol. The van der Waals surface area contributed by atoms with Crippen LogP contribution in [-0.4, -0.2) is 60.4 Å². The van der Waals surface area contributed by atoms with E-state index in [4.69, 9.17) is 18.9 Å². The van der Waals surface area contributed by atoms with Crippen LogP contribution in [0.4, 0.5) is 0 Å². The van der Waals surface area contributed by atoms with Crippen molar-refractivity contribution in [2.75, 3.05) is 20.3 Å². The van der Waals surface area contributed by atoms with E-state index >= 15 is 0 Å². The molecule has 0 saturated carbocycles. The second-order valence-corrected chi connectivity index (χ2v) is 4.62. The van der Waals surface area contributed by atoms with Crippen LogP contribution in [0.2, 0.25) is 0 Å². The average molecular weight is 234 g/mol. The summed E-state index contributed by atoms with van der Waals surface area (Å²) in [4.78, 5) is 0. The molecule has 0 bridgehead atoms. The van der Waals surface area contributed by atoms with E-state index in [1.54, 1.807) is 13.8 Å². The molecule has 0 amide bonds. The first-order chi connectivity index (χ1) is 7.48. The van der Waals surface area contributed by atoms with Gasteiger partial charge in [0.1, 0.15) is 17.8 Å². The Hall–Kier alpha value is -0.240. The highest BCUT2D eigenvalue weighted by Gasteiger charge is 2.62. The maximum atomic E-state index is 9.37. The Kier molecular flexibility index (Phi) is 2.98. The number of hydrogen-bond donors (Lipinski definition) is 2. The fraction of sp³-hybridized carbons (Fsp3) is 1.00. The van der Waals surface area contributed by atoms with Crippen LogP contribution in [0, 0.1) is 0 Å². The summed E-state index contributed by atoms with van der Waals surface area (Å²) in [5.41, 5.74) is -1.15. The SMILES string of the molecule is COC1OC(CO)(CO)[C@H]2OC(C)(C)O[C@@H]12. The van der Waals surface area contributed by atoms with E-state index in [1.807, 2.05) is 0 Å². The highest BCUT2D eigenvalue weighted by atomic mass is 16.8. The lowest BCUT2D eigenvalue weighted by molar-refractivity contribution is -0.262. The van der Waals surface area contributed by atoms with Gasteiger partial charge in [0.15, 0.2) is 12.1 Å². The zero-order chi connectivity index (χ0) is 12.0. The van der Waals surface area contributed by atoms with E-state index in [-0.39, 0.29) is 13.2 Å². The summed E-state index contributed by atoms with van der Waals surface area (Å²) in [7, 11) is 1.49. The van der Waals surface area contributed by atoms with E-state index in [1.165, 1.54) is 7.11 Å². The topological polar surface area (TPSA) is 77.4 Å². The van der Waals surface area contributed by atoms with Crippen molar-refractivity contribution in [3.8, 4) is 0 Å². The predicted molar refractivity (Wildman–Crippen MR) is 52.6 cm³/mol. The molecule has 2 fully saturated rings. The largest absolute Gasteiger partial charge is 0.393 e. The summed E-state index contributed by atoms with van der Waals surface area (Å²) >= 11 is 0. The predicted octanol–water partition coefficient (Wildman–Crippen LogP) is -0.767. The molecule has 0 aromatic rings. The lowest BCUT2D eigenvalue weighted by Gasteiger charge is -2.31. The maximum absolute atomic E-state index is 9.37. The maximum Gasteiger partial charge on any atom is 0.187 e. The first kappa shape index (κ1) is 12.2. The van der Waals surface area contributed by atoms with Crippen molar-refractivity contribution in [3.05, 3.63) is 0 Å². The molecule has 16 heavy (non-hydrogen) atoms. The summed E-state index contributed by atoms with van der Waals surface area (Å²) in [6.45, 7) is 2.86. The van der Waals surface area contributed by atoms with Crippen molar-refractivity contribution in [2.24, 2.45) is 0 Å². The van der Waals surface area contributed by atoms with Gasteiger partial charge in [0, 0.05) is 7.11 Å². The number of aliphatic hydroxyl groups excluding tert-OH is 2. The summed E-state index contributed by atoms with van der Waals surface area (Å²) < 4.78 is 21.9. The molecule has 2 rings (SSSR count). The molecule has 2 aliphatic heterocycles. The molecule has 2 heterocycles. The molecule has 0 aromatic carbocycles. The molecule has 1 unspecified atom stereocenters. The average Bonchev–Trinajstić information content (AvgIpc) is 2.70. The minimum Gasteiger partial charge on any atom is -0.393 e. The van der Waals surface area contributed by atoms with Gasteiger partial charge in [0.25, 0.3) is 0 Å². The van der Waals surface area contributed by atoms with E-state index in [9.17, 15) is 10.2 Å². The van der Waals surface area contributed by atoms with Crippen LogP contribution < -0.4 is 0 Å². The Balaban J connectivity index is 2.26. The van der Waals surface area contributed by atoms with Crippen molar-refractivity contribution in [1.29, 1.82) is 0 Å². The van der Waals surface area contributed by atoms with E-state index in [2.05, 4.69) is 0 Å². The molecule has 6 heteroatoms. The highest BCUT2D eigenvalue weighted by molar-refractivity contribution is 5.04. The van der Waals surface area contributed by atoms with Gasteiger partial charge < -0.3 is 29.2 Å². The van der Waals surface area contributed by atoms with E-state index in [0.29, 0.717) is 0 Å². The molecule has 0 radical (unpaired) electrons. The van der Waals surface area contributed by atoms with Crippen LogP contribution in [0.15, 0.2) is 0 Å².